The molecular weight excluding hydrogens is 719 g/mol. The van der Waals surface area contributed by atoms with Crippen LogP contribution in [-0.4, -0.2) is 72.7 Å². The van der Waals surface area contributed by atoms with Gasteiger partial charge in [0.05, 0.1) is 47.1 Å². The van der Waals surface area contributed by atoms with E-state index >= 15 is 0 Å². The lowest BCUT2D eigenvalue weighted by atomic mass is 9.97. The summed E-state index contributed by atoms with van der Waals surface area (Å²) < 4.78 is 47.2. The molecule has 1 aliphatic heterocycles. The monoisotopic (exact) mass is 753 g/mol. The molecule has 1 fully saturated rings. The molecule has 0 bridgehead atoms. The number of hydrogen-bond donors (Lipinski definition) is 3. The molecule has 17 heteroatoms. The largest absolute Gasteiger partial charge is 0.504 e. The number of benzene rings is 2. The zero-order valence-corrected chi connectivity index (χ0v) is 29.8. The minimum Gasteiger partial charge on any atom is -0.504 e. The van der Waals surface area contributed by atoms with Gasteiger partial charge >= 0.3 is 11.7 Å². The van der Waals surface area contributed by atoms with Crippen molar-refractivity contribution in [1.82, 2.24) is 24.5 Å². The fraction of sp³-hybridized carbons (Fsp3) is 0.333. The van der Waals surface area contributed by atoms with Gasteiger partial charge in [-0.15, -0.1) is 0 Å². The second-order valence-electron chi connectivity index (χ2n) is 13.0. The van der Waals surface area contributed by atoms with Crippen LogP contribution in [0.15, 0.2) is 58.0 Å². The highest BCUT2D eigenvalue weighted by molar-refractivity contribution is 6.33. The first-order valence-electron chi connectivity index (χ1n) is 16.6. The fourth-order valence-corrected chi connectivity index (χ4v) is 6.39. The van der Waals surface area contributed by atoms with Crippen molar-refractivity contribution < 1.29 is 37.4 Å². The SMILES string of the molecule is CCc1c(CC(=O)Nc2ccc(C(F)(F)F)cc2Cl)c2nc(-c3ccc(C(C)(C)O)cc3)oc2c(=O)n1N1CCN(C(=O)c2ncnc(C)c2O)CC1. The number of nitrogens with zero attached hydrogens (tertiary/aromatic N) is 6. The van der Waals surface area contributed by atoms with Gasteiger partial charge in [0.2, 0.25) is 17.4 Å². The van der Waals surface area contributed by atoms with Crippen molar-refractivity contribution in [2.75, 3.05) is 36.5 Å². The molecule has 6 rings (SSSR count). The van der Waals surface area contributed by atoms with Crippen LogP contribution in [0, 0.1) is 6.92 Å². The number of rotatable bonds is 8. The van der Waals surface area contributed by atoms with E-state index in [1.54, 1.807) is 57.0 Å². The number of piperazine rings is 1. The maximum absolute atomic E-state index is 14.3. The third kappa shape index (κ3) is 7.41. The van der Waals surface area contributed by atoms with Crippen LogP contribution < -0.4 is 15.9 Å². The molecule has 278 valence electrons. The van der Waals surface area contributed by atoms with Gasteiger partial charge in [-0.05, 0) is 63.1 Å². The van der Waals surface area contributed by atoms with Crippen LogP contribution in [0.2, 0.25) is 5.02 Å². The normalized spacial score (nSPS) is 13.8. The van der Waals surface area contributed by atoms with Crippen molar-refractivity contribution in [3.8, 4) is 17.2 Å². The molecular formula is C36H35ClF3N7O6. The smallest absolute Gasteiger partial charge is 0.416 e. The highest BCUT2D eigenvalue weighted by Crippen LogP contribution is 2.34. The van der Waals surface area contributed by atoms with Crippen molar-refractivity contribution in [2.45, 2.75) is 52.3 Å². The highest BCUT2D eigenvalue weighted by Gasteiger charge is 2.32. The Kier molecular flexibility index (Phi) is 9.96. The Morgan fingerprint density at radius 1 is 1.02 bits per heavy atom. The molecule has 0 atom stereocenters. The van der Waals surface area contributed by atoms with Gasteiger partial charge in [0.25, 0.3) is 5.91 Å². The number of oxazole rings is 1. The minimum atomic E-state index is -4.63. The Morgan fingerprint density at radius 2 is 1.68 bits per heavy atom. The number of carbonyl (C=O) groups is 2. The zero-order chi connectivity index (χ0) is 38.4. The number of aryl methyl sites for hydroxylation is 1. The zero-order valence-electron chi connectivity index (χ0n) is 29.1. The third-order valence-electron chi connectivity index (χ3n) is 9.02. The topological polar surface area (TPSA) is 167 Å². The van der Waals surface area contributed by atoms with E-state index in [0.29, 0.717) is 22.4 Å². The molecule has 53 heavy (non-hydrogen) atoms. The highest BCUT2D eigenvalue weighted by atomic mass is 35.5. The van der Waals surface area contributed by atoms with Crippen LogP contribution in [0.25, 0.3) is 22.6 Å². The number of halogens is 4. The molecule has 3 aromatic heterocycles. The van der Waals surface area contributed by atoms with E-state index in [1.807, 2.05) is 0 Å². The molecule has 5 aromatic rings. The second-order valence-corrected chi connectivity index (χ2v) is 13.5. The Balaban J connectivity index is 1.38. The first kappa shape index (κ1) is 37.3. The summed E-state index contributed by atoms with van der Waals surface area (Å²) in [5, 5.41) is 24.8. The predicted molar refractivity (Wildman–Crippen MR) is 189 cm³/mol. The minimum absolute atomic E-state index is 0.0364. The van der Waals surface area contributed by atoms with Gasteiger partial charge in [0.1, 0.15) is 11.8 Å². The van der Waals surface area contributed by atoms with Gasteiger partial charge in [-0.1, -0.05) is 30.7 Å². The maximum Gasteiger partial charge on any atom is 0.416 e. The number of carbonyl (C=O) groups excluding carboxylic acids is 2. The van der Waals surface area contributed by atoms with Gasteiger partial charge < -0.3 is 29.9 Å². The summed E-state index contributed by atoms with van der Waals surface area (Å²) in [5.74, 6) is -1.36. The van der Waals surface area contributed by atoms with Crippen molar-refractivity contribution in [3.63, 3.8) is 0 Å². The summed E-state index contributed by atoms with van der Waals surface area (Å²) in [6, 6.07) is 9.36. The lowest BCUT2D eigenvalue weighted by Crippen LogP contribution is -2.56. The Bertz CT molecular complexity index is 2280. The molecule has 13 nitrogen and oxygen atoms in total. The number of fused-ring (bicyclic) bond motifs is 1. The van der Waals surface area contributed by atoms with Crippen LogP contribution in [0.4, 0.5) is 18.9 Å². The van der Waals surface area contributed by atoms with Crippen LogP contribution in [0.5, 0.6) is 5.75 Å². The molecule has 0 unspecified atom stereocenters. The van der Waals surface area contributed by atoms with E-state index in [0.717, 1.165) is 18.2 Å². The lowest BCUT2D eigenvalue weighted by Gasteiger charge is -2.37. The number of amides is 2. The second kappa shape index (κ2) is 14.2. The molecule has 0 spiro atoms. The fourth-order valence-electron chi connectivity index (χ4n) is 6.16. The summed E-state index contributed by atoms with van der Waals surface area (Å²) in [5.41, 5.74) is -0.661. The van der Waals surface area contributed by atoms with E-state index in [2.05, 4.69) is 20.3 Å². The first-order chi connectivity index (χ1) is 25.0. The molecule has 1 aliphatic rings. The van der Waals surface area contributed by atoms with E-state index < -0.39 is 34.7 Å². The van der Waals surface area contributed by atoms with E-state index in [-0.39, 0.29) is 83.9 Å². The Morgan fingerprint density at radius 3 is 2.28 bits per heavy atom. The summed E-state index contributed by atoms with van der Waals surface area (Å²) in [6.07, 6.45) is -3.54. The van der Waals surface area contributed by atoms with Crippen LogP contribution in [0.3, 0.4) is 0 Å². The number of pyridine rings is 1. The van der Waals surface area contributed by atoms with Crippen molar-refractivity contribution in [3.05, 3.63) is 97.9 Å². The molecule has 3 N–H and O–H groups in total. The summed E-state index contributed by atoms with van der Waals surface area (Å²) in [4.78, 5) is 55.1. The van der Waals surface area contributed by atoms with E-state index in [9.17, 15) is 37.8 Å². The van der Waals surface area contributed by atoms with Crippen molar-refractivity contribution in [2.24, 2.45) is 0 Å². The number of alkyl halides is 3. The molecule has 0 radical (unpaired) electrons. The number of hydrogen-bond acceptors (Lipinski definition) is 10. The quantitative estimate of drug-likeness (QED) is 0.192. The van der Waals surface area contributed by atoms with Gasteiger partial charge in [0, 0.05) is 29.9 Å². The lowest BCUT2D eigenvalue weighted by molar-refractivity contribution is -0.137. The Hall–Kier alpha value is -5.48. The molecule has 2 aromatic carbocycles. The number of aliphatic hydroxyl groups is 1. The van der Waals surface area contributed by atoms with E-state index in [4.69, 9.17) is 16.0 Å². The summed E-state index contributed by atoms with van der Waals surface area (Å²) >= 11 is 6.12. The number of nitrogens with one attached hydrogen (secondary N) is 1. The third-order valence-corrected chi connectivity index (χ3v) is 9.33. The molecule has 1 saturated heterocycles. The summed E-state index contributed by atoms with van der Waals surface area (Å²) in [7, 11) is 0. The molecule has 4 heterocycles. The van der Waals surface area contributed by atoms with Crippen LogP contribution in [0.1, 0.15) is 59.3 Å². The van der Waals surface area contributed by atoms with Crippen LogP contribution >= 0.6 is 11.6 Å². The maximum atomic E-state index is 14.3. The van der Waals surface area contributed by atoms with Crippen molar-refractivity contribution in [1.29, 1.82) is 0 Å². The molecule has 2 amide bonds. The van der Waals surface area contributed by atoms with Crippen molar-refractivity contribution >= 4 is 40.2 Å². The number of aromatic hydroxyl groups is 1. The standard InChI is InChI=1S/C36H35ClF3N7O6/c1-5-26-23(17-27(48)43-25-11-10-22(16-24(25)37)36(38,39)40)28-31(53-32(44-28)20-6-8-21(9-7-20)35(3,4)52)34(51)47(26)46-14-12-45(13-15-46)33(50)29-30(49)19(2)41-18-42-29/h6-11,16,18,49,52H,5,12-15,17H2,1-4H3,(H,43,48). The molecule has 0 aliphatic carbocycles. The first-order valence-corrected chi connectivity index (χ1v) is 17.0. The Labute approximate surface area is 305 Å². The van der Waals surface area contributed by atoms with Gasteiger partial charge in [-0.25, -0.2) is 19.6 Å². The average Bonchev–Trinajstić information content (AvgIpc) is 3.57. The molecule has 0 saturated carbocycles. The predicted octanol–water partition coefficient (Wildman–Crippen LogP) is 5.20. The van der Waals surface area contributed by atoms with E-state index in [1.165, 1.54) is 15.9 Å². The number of anilines is 1. The van der Waals surface area contributed by atoms with Gasteiger partial charge in [0.15, 0.2) is 11.4 Å². The van der Waals surface area contributed by atoms with Crippen LogP contribution in [-0.2, 0) is 29.4 Å². The summed E-state index contributed by atoms with van der Waals surface area (Å²) in [6.45, 7) is 7.31. The van der Waals surface area contributed by atoms with Gasteiger partial charge in [-0.3, -0.25) is 14.4 Å². The van der Waals surface area contributed by atoms with Gasteiger partial charge in [-0.2, -0.15) is 13.2 Å². The average molecular weight is 754 g/mol. The number of aromatic nitrogens is 4.